The number of pyridine rings is 1. The summed E-state index contributed by atoms with van der Waals surface area (Å²) in [6.45, 7) is 5.01. The Morgan fingerprint density at radius 3 is 2.69 bits per heavy atom. The highest BCUT2D eigenvalue weighted by atomic mass is 16.3. The van der Waals surface area contributed by atoms with Gasteiger partial charge in [-0.3, -0.25) is 0 Å². The highest BCUT2D eigenvalue weighted by Crippen LogP contribution is 2.31. The van der Waals surface area contributed by atoms with Crippen LogP contribution in [0.5, 0.6) is 5.75 Å². The Balaban J connectivity index is 1.95. The summed E-state index contributed by atoms with van der Waals surface area (Å²) < 4.78 is 2.25. The number of unbranched alkanes of at least 4 members (excludes halogenated alkanes) is 1. The molecule has 0 aliphatic carbocycles. The molecule has 0 bridgehead atoms. The van der Waals surface area contributed by atoms with Crippen LogP contribution in [-0.4, -0.2) is 19.6 Å². The first-order valence-electron chi connectivity index (χ1n) is 10.1. The molecule has 6 heteroatoms. The first-order chi connectivity index (χ1) is 14.0. The fourth-order valence-corrected chi connectivity index (χ4v) is 3.96. The summed E-state index contributed by atoms with van der Waals surface area (Å²) in [4.78, 5) is 9.43. The molecule has 0 amide bonds. The second-order valence-electron chi connectivity index (χ2n) is 7.55. The van der Waals surface area contributed by atoms with Gasteiger partial charge in [0.2, 0.25) is 0 Å². The first-order valence-corrected chi connectivity index (χ1v) is 10.1. The van der Waals surface area contributed by atoms with E-state index in [0.29, 0.717) is 18.9 Å². The van der Waals surface area contributed by atoms with Gasteiger partial charge in [-0.2, -0.15) is 0 Å². The third kappa shape index (κ3) is 3.40. The van der Waals surface area contributed by atoms with E-state index in [1.807, 2.05) is 37.3 Å². The number of imidazole rings is 1. The van der Waals surface area contributed by atoms with Gasteiger partial charge in [-0.25, -0.2) is 9.97 Å². The zero-order valence-electron chi connectivity index (χ0n) is 16.9. The molecule has 150 valence electrons. The van der Waals surface area contributed by atoms with Gasteiger partial charge >= 0.3 is 0 Å². The van der Waals surface area contributed by atoms with Crippen LogP contribution in [0.1, 0.15) is 42.3 Å². The lowest BCUT2D eigenvalue weighted by Gasteiger charge is -2.14. The quantitative estimate of drug-likeness (QED) is 0.462. The number of nitrogen functional groups attached to an aromatic ring is 1. The highest BCUT2D eigenvalue weighted by molar-refractivity contribution is 6.06. The molecule has 0 aliphatic rings. The fraction of sp³-hybridized carbons (Fsp3) is 0.304. The number of anilines is 1. The van der Waals surface area contributed by atoms with E-state index in [9.17, 15) is 5.11 Å². The van der Waals surface area contributed by atoms with Crippen molar-refractivity contribution in [2.45, 2.75) is 46.2 Å². The maximum absolute atomic E-state index is 10.2. The molecule has 5 N–H and O–H groups in total. The standard InChI is InChI=1S/C23H27N5O/c1-3-4-9-19-27-20-21(17-7-5-6-8-18(17)26-23(20)25)28(19)13-15-10-14(2)22(29)16(11-15)12-24/h5-8,10-11,29H,3-4,9,12-13,24H2,1-2H3,(H2,25,26). The zero-order valence-corrected chi connectivity index (χ0v) is 16.9. The molecule has 0 spiro atoms. The average molecular weight is 390 g/mol. The molecule has 0 atom stereocenters. The highest BCUT2D eigenvalue weighted by Gasteiger charge is 2.18. The van der Waals surface area contributed by atoms with Crippen molar-refractivity contribution in [1.29, 1.82) is 0 Å². The van der Waals surface area contributed by atoms with Crippen LogP contribution in [-0.2, 0) is 19.5 Å². The molecule has 0 fully saturated rings. The summed E-state index contributed by atoms with van der Waals surface area (Å²) in [5.41, 5.74) is 17.4. The molecule has 2 aromatic heterocycles. The number of rotatable bonds is 6. The van der Waals surface area contributed by atoms with E-state index < -0.39 is 0 Å². The van der Waals surface area contributed by atoms with Gasteiger partial charge in [0.15, 0.2) is 5.82 Å². The molecule has 0 saturated heterocycles. The fourth-order valence-electron chi connectivity index (χ4n) is 3.96. The van der Waals surface area contributed by atoms with Crippen molar-refractivity contribution in [2.24, 2.45) is 5.73 Å². The van der Waals surface area contributed by atoms with Crippen LogP contribution in [0, 0.1) is 6.92 Å². The molecule has 2 heterocycles. The number of fused-ring (bicyclic) bond motifs is 3. The van der Waals surface area contributed by atoms with Crippen molar-refractivity contribution in [3.05, 3.63) is 58.9 Å². The molecule has 6 nitrogen and oxygen atoms in total. The van der Waals surface area contributed by atoms with Crippen LogP contribution in [0.4, 0.5) is 5.82 Å². The van der Waals surface area contributed by atoms with Crippen molar-refractivity contribution >= 4 is 27.8 Å². The lowest BCUT2D eigenvalue weighted by Crippen LogP contribution is -2.07. The Morgan fingerprint density at radius 1 is 1.14 bits per heavy atom. The molecule has 0 radical (unpaired) electrons. The predicted octanol–water partition coefficient (Wildman–Crippen LogP) is 4.03. The van der Waals surface area contributed by atoms with Crippen LogP contribution in [0.2, 0.25) is 0 Å². The molecule has 4 rings (SSSR count). The van der Waals surface area contributed by atoms with Crippen molar-refractivity contribution in [1.82, 2.24) is 14.5 Å². The molecular weight excluding hydrogens is 362 g/mol. The number of aryl methyl sites for hydroxylation is 2. The van der Waals surface area contributed by atoms with E-state index in [2.05, 4.69) is 22.5 Å². The van der Waals surface area contributed by atoms with Gasteiger partial charge in [-0.05, 0) is 36.6 Å². The molecule has 0 unspecified atom stereocenters. The first kappa shape index (κ1) is 19.2. The summed E-state index contributed by atoms with van der Waals surface area (Å²) in [7, 11) is 0. The van der Waals surface area contributed by atoms with E-state index >= 15 is 0 Å². The van der Waals surface area contributed by atoms with Gasteiger partial charge in [0.1, 0.15) is 17.1 Å². The van der Waals surface area contributed by atoms with E-state index in [1.54, 1.807) is 0 Å². The van der Waals surface area contributed by atoms with Gasteiger partial charge in [0.25, 0.3) is 0 Å². The molecule has 0 aliphatic heterocycles. The second kappa shape index (κ2) is 7.72. The smallest absolute Gasteiger partial charge is 0.152 e. The van der Waals surface area contributed by atoms with Gasteiger partial charge in [0, 0.05) is 30.5 Å². The zero-order chi connectivity index (χ0) is 20.5. The van der Waals surface area contributed by atoms with Crippen molar-refractivity contribution < 1.29 is 5.11 Å². The van der Waals surface area contributed by atoms with Crippen LogP contribution in [0.15, 0.2) is 36.4 Å². The Labute approximate surface area is 170 Å². The molecular formula is C23H27N5O. The number of benzene rings is 2. The predicted molar refractivity (Wildman–Crippen MR) is 118 cm³/mol. The van der Waals surface area contributed by atoms with Crippen LogP contribution < -0.4 is 11.5 Å². The van der Waals surface area contributed by atoms with E-state index in [1.165, 1.54) is 0 Å². The number of para-hydroxylation sites is 1. The second-order valence-corrected chi connectivity index (χ2v) is 7.55. The van der Waals surface area contributed by atoms with Gasteiger partial charge < -0.3 is 21.1 Å². The number of nitrogens with zero attached hydrogens (tertiary/aromatic N) is 3. The minimum atomic E-state index is 0.275. The minimum Gasteiger partial charge on any atom is -0.507 e. The third-order valence-corrected chi connectivity index (χ3v) is 5.44. The topological polar surface area (TPSA) is 103 Å². The maximum Gasteiger partial charge on any atom is 0.152 e. The maximum atomic E-state index is 10.2. The normalized spacial score (nSPS) is 11.6. The number of phenolic OH excluding ortho intramolecular Hbond substituents is 1. The number of hydrogen-bond acceptors (Lipinski definition) is 5. The van der Waals surface area contributed by atoms with E-state index in [-0.39, 0.29) is 5.75 Å². The Bertz CT molecular complexity index is 1200. The van der Waals surface area contributed by atoms with Gasteiger partial charge in [-0.15, -0.1) is 0 Å². The summed E-state index contributed by atoms with van der Waals surface area (Å²) in [5, 5.41) is 11.3. The molecule has 29 heavy (non-hydrogen) atoms. The Morgan fingerprint density at radius 2 is 1.93 bits per heavy atom. The lowest BCUT2D eigenvalue weighted by molar-refractivity contribution is 0.463. The van der Waals surface area contributed by atoms with Gasteiger partial charge in [-0.1, -0.05) is 37.6 Å². The Kier molecular flexibility index (Phi) is 5.11. The largest absolute Gasteiger partial charge is 0.507 e. The lowest BCUT2D eigenvalue weighted by atomic mass is 10.0. The summed E-state index contributed by atoms with van der Waals surface area (Å²) in [6.07, 6.45) is 3.02. The summed E-state index contributed by atoms with van der Waals surface area (Å²) >= 11 is 0. The third-order valence-electron chi connectivity index (χ3n) is 5.44. The van der Waals surface area contributed by atoms with Crippen molar-refractivity contribution in [2.75, 3.05) is 5.73 Å². The van der Waals surface area contributed by atoms with Crippen LogP contribution >= 0.6 is 0 Å². The number of phenols is 1. The van der Waals surface area contributed by atoms with Crippen molar-refractivity contribution in [3.8, 4) is 5.75 Å². The number of aromatic nitrogens is 3. The number of nitrogens with two attached hydrogens (primary N) is 2. The average Bonchev–Trinajstić information content (AvgIpc) is 3.08. The number of aromatic hydroxyl groups is 1. The SMILES string of the molecule is CCCCc1nc2c(N)nc3ccccc3c2n1Cc1cc(C)c(O)c(CN)c1. The summed E-state index contributed by atoms with van der Waals surface area (Å²) in [6, 6.07) is 12.0. The van der Waals surface area contributed by atoms with Gasteiger partial charge in [0.05, 0.1) is 11.0 Å². The van der Waals surface area contributed by atoms with E-state index in [0.717, 1.165) is 63.7 Å². The number of hydrogen-bond donors (Lipinski definition) is 3. The molecule has 0 saturated carbocycles. The van der Waals surface area contributed by atoms with Crippen molar-refractivity contribution in [3.63, 3.8) is 0 Å². The monoisotopic (exact) mass is 389 g/mol. The Hall–Kier alpha value is -3.12. The minimum absolute atomic E-state index is 0.275. The van der Waals surface area contributed by atoms with Crippen LogP contribution in [0.25, 0.3) is 21.9 Å². The van der Waals surface area contributed by atoms with E-state index in [4.69, 9.17) is 16.5 Å². The summed E-state index contributed by atoms with van der Waals surface area (Å²) in [5.74, 6) is 1.74. The molecule has 4 aromatic rings. The molecule has 2 aromatic carbocycles. The van der Waals surface area contributed by atoms with Crippen LogP contribution in [0.3, 0.4) is 0 Å².